The van der Waals surface area contributed by atoms with Crippen molar-refractivity contribution in [3.05, 3.63) is 51.9 Å². The molecule has 19 heavy (non-hydrogen) atoms. The van der Waals surface area contributed by atoms with E-state index in [0.29, 0.717) is 0 Å². The van der Waals surface area contributed by atoms with Gasteiger partial charge in [0.25, 0.3) is 0 Å². The fourth-order valence-corrected chi connectivity index (χ4v) is 2.88. The van der Waals surface area contributed by atoms with Crippen LogP contribution in [0.3, 0.4) is 0 Å². The van der Waals surface area contributed by atoms with Gasteiger partial charge >= 0.3 is 0 Å². The van der Waals surface area contributed by atoms with E-state index in [0.717, 1.165) is 40.7 Å². The van der Waals surface area contributed by atoms with Crippen LogP contribution < -0.4 is 10.1 Å². The molecule has 0 radical (unpaired) electrons. The Balaban J connectivity index is 2.09. The number of hydrogen-bond donors (Lipinski definition) is 1. The minimum absolute atomic E-state index is 0.0306. The van der Waals surface area contributed by atoms with Gasteiger partial charge in [-0.15, -0.1) is 0 Å². The van der Waals surface area contributed by atoms with Crippen LogP contribution in [0.4, 0.5) is 0 Å². The van der Waals surface area contributed by atoms with Crippen LogP contribution in [-0.2, 0) is 6.42 Å². The molecule has 0 saturated carbocycles. The van der Waals surface area contributed by atoms with E-state index in [1.54, 1.807) is 6.26 Å². The summed E-state index contributed by atoms with van der Waals surface area (Å²) in [5, 5.41) is 4.06. The van der Waals surface area contributed by atoms with Crippen LogP contribution in [0.2, 0.25) is 5.02 Å². The van der Waals surface area contributed by atoms with Gasteiger partial charge in [0.15, 0.2) is 0 Å². The van der Waals surface area contributed by atoms with Crippen molar-refractivity contribution in [1.82, 2.24) is 5.32 Å². The van der Waals surface area contributed by atoms with Gasteiger partial charge in [0.2, 0.25) is 0 Å². The number of aryl methyl sites for hydroxylation is 1. The largest absolute Gasteiger partial charge is 0.493 e. The first kappa shape index (κ1) is 12.6. The third-order valence-electron chi connectivity index (χ3n) is 3.46. The molecule has 1 aromatic heterocycles. The van der Waals surface area contributed by atoms with Gasteiger partial charge in [0.1, 0.15) is 11.5 Å². The highest BCUT2D eigenvalue weighted by atomic mass is 35.5. The Labute approximate surface area is 117 Å². The van der Waals surface area contributed by atoms with Crippen molar-refractivity contribution in [2.75, 3.05) is 13.7 Å². The number of benzene rings is 1. The van der Waals surface area contributed by atoms with Gasteiger partial charge in [-0.2, -0.15) is 0 Å². The first-order valence-electron chi connectivity index (χ1n) is 6.36. The molecule has 1 aliphatic heterocycles. The molecule has 100 valence electrons. The normalized spacial score (nSPS) is 15.1. The lowest BCUT2D eigenvalue weighted by Gasteiger charge is -2.18. The second kappa shape index (κ2) is 4.91. The lowest BCUT2D eigenvalue weighted by molar-refractivity contribution is 0.351. The van der Waals surface area contributed by atoms with Crippen molar-refractivity contribution in [3.8, 4) is 5.75 Å². The molecule has 4 heteroatoms. The lowest BCUT2D eigenvalue weighted by atomic mass is 9.97. The van der Waals surface area contributed by atoms with Crippen molar-refractivity contribution in [1.29, 1.82) is 0 Å². The summed E-state index contributed by atoms with van der Waals surface area (Å²) in [6, 6.07) is 6.02. The standard InChI is InChI=1S/C15H16ClNO2/c1-9-5-11(8-19-9)14(17-2)13-7-12(16)6-10-3-4-18-15(10)13/h5-8,14,17H,3-4H2,1-2H3. The number of rotatable bonds is 3. The van der Waals surface area contributed by atoms with E-state index in [9.17, 15) is 0 Å². The second-order valence-electron chi connectivity index (χ2n) is 4.79. The van der Waals surface area contributed by atoms with Crippen molar-refractivity contribution in [3.63, 3.8) is 0 Å². The molecule has 0 spiro atoms. The lowest BCUT2D eigenvalue weighted by Crippen LogP contribution is -2.17. The fourth-order valence-electron chi connectivity index (χ4n) is 2.63. The smallest absolute Gasteiger partial charge is 0.127 e. The molecule has 1 atom stereocenters. The maximum Gasteiger partial charge on any atom is 0.127 e. The average molecular weight is 278 g/mol. The molecule has 1 unspecified atom stereocenters. The molecule has 2 aromatic rings. The summed E-state index contributed by atoms with van der Waals surface area (Å²) >= 11 is 6.22. The Bertz CT molecular complexity index is 606. The van der Waals surface area contributed by atoms with E-state index in [2.05, 4.69) is 5.32 Å². The van der Waals surface area contributed by atoms with Gasteiger partial charge < -0.3 is 14.5 Å². The maximum absolute atomic E-state index is 6.22. The molecule has 0 saturated heterocycles. The van der Waals surface area contributed by atoms with Crippen LogP contribution in [0.5, 0.6) is 5.75 Å². The molecule has 1 aliphatic rings. The van der Waals surface area contributed by atoms with E-state index in [1.807, 2.05) is 32.2 Å². The van der Waals surface area contributed by atoms with Crippen LogP contribution in [0.15, 0.2) is 28.9 Å². The zero-order chi connectivity index (χ0) is 13.4. The molecule has 2 heterocycles. The predicted molar refractivity (Wildman–Crippen MR) is 75.0 cm³/mol. The Kier molecular flexibility index (Phi) is 3.25. The van der Waals surface area contributed by atoms with Crippen molar-refractivity contribution in [2.45, 2.75) is 19.4 Å². The van der Waals surface area contributed by atoms with E-state index >= 15 is 0 Å². The minimum atomic E-state index is 0.0306. The Morgan fingerprint density at radius 3 is 2.84 bits per heavy atom. The third kappa shape index (κ3) is 2.24. The quantitative estimate of drug-likeness (QED) is 0.933. The fraction of sp³-hybridized carbons (Fsp3) is 0.333. The predicted octanol–water partition coefficient (Wildman–Crippen LogP) is 3.49. The van der Waals surface area contributed by atoms with Gasteiger partial charge in [-0.25, -0.2) is 0 Å². The van der Waals surface area contributed by atoms with E-state index in [1.165, 1.54) is 5.56 Å². The summed E-state index contributed by atoms with van der Waals surface area (Å²) in [5.41, 5.74) is 3.34. The molecule has 1 N–H and O–H groups in total. The first-order chi connectivity index (χ1) is 9.19. The monoisotopic (exact) mass is 277 g/mol. The number of fused-ring (bicyclic) bond motifs is 1. The molecule has 3 nitrogen and oxygen atoms in total. The van der Waals surface area contributed by atoms with Crippen molar-refractivity contribution in [2.24, 2.45) is 0 Å². The SMILES string of the molecule is CNC(c1coc(C)c1)c1cc(Cl)cc2c1OCC2. The van der Waals surface area contributed by atoms with E-state index in [4.69, 9.17) is 20.8 Å². The minimum Gasteiger partial charge on any atom is -0.493 e. The molecule has 0 amide bonds. The Morgan fingerprint density at radius 2 is 2.16 bits per heavy atom. The number of furan rings is 1. The number of ether oxygens (including phenoxy) is 1. The van der Waals surface area contributed by atoms with Crippen LogP contribution in [-0.4, -0.2) is 13.7 Å². The third-order valence-corrected chi connectivity index (χ3v) is 3.68. The molecular weight excluding hydrogens is 262 g/mol. The zero-order valence-corrected chi connectivity index (χ0v) is 11.8. The number of nitrogens with one attached hydrogen (secondary N) is 1. The summed E-state index contributed by atoms with van der Waals surface area (Å²) in [6.07, 6.45) is 2.70. The van der Waals surface area contributed by atoms with Crippen LogP contribution in [0.25, 0.3) is 0 Å². The summed E-state index contributed by atoms with van der Waals surface area (Å²) < 4.78 is 11.2. The highest BCUT2D eigenvalue weighted by Crippen LogP contribution is 2.38. The van der Waals surface area contributed by atoms with Gasteiger partial charge in [-0.05, 0) is 37.7 Å². The van der Waals surface area contributed by atoms with Crippen LogP contribution in [0.1, 0.15) is 28.5 Å². The van der Waals surface area contributed by atoms with Gasteiger partial charge in [0, 0.05) is 22.6 Å². The summed E-state index contributed by atoms with van der Waals surface area (Å²) in [6.45, 7) is 2.67. The highest BCUT2D eigenvalue weighted by molar-refractivity contribution is 6.30. The highest BCUT2D eigenvalue weighted by Gasteiger charge is 2.24. The van der Waals surface area contributed by atoms with E-state index in [-0.39, 0.29) is 6.04 Å². The van der Waals surface area contributed by atoms with Gasteiger partial charge in [-0.3, -0.25) is 0 Å². The molecular formula is C15H16ClNO2. The average Bonchev–Trinajstić information content (AvgIpc) is 2.99. The summed E-state index contributed by atoms with van der Waals surface area (Å²) in [7, 11) is 1.93. The molecule has 0 bridgehead atoms. The molecule has 0 fully saturated rings. The van der Waals surface area contributed by atoms with Crippen LogP contribution >= 0.6 is 11.6 Å². The number of hydrogen-bond acceptors (Lipinski definition) is 3. The molecule has 1 aromatic carbocycles. The summed E-state index contributed by atoms with van der Waals surface area (Å²) in [5.74, 6) is 1.86. The van der Waals surface area contributed by atoms with Crippen molar-refractivity contribution >= 4 is 11.6 Å². The van der Waals surface area contributed by atoms with Gasteiger partial charge in [-0.1, -0.05) is 11.6 Å². The van der Waals surface area contributed by atoms with Crippen molar-refractivity contribution < 1.29 is 9.15 Å². The van der Waals surface area contributed by atoms with E-state index < -0.39 is 0 Å². The Hall–Kier alpha value is -1.45. The molecule has 3 rings (SSSR count). The zero-order valence-electron chi connectivity index (χ0n) is 11.0. The topological polar surface area (TPSA) is 34.4 Å². The Morgan fingerprint density at radius 1 is 1.32 bits per heavy atom. The first-order valence-corrected chi connectivity index (χ1v) is 6.74. The second-order valence-corrected chi connectivity index (χ2v) is 5.23. The van der Waals surface area contributed by atoms with Crippen LogP contribution in [0, 0.1) is 6.92 Å². The van der Waals surface area contributed by atoms with Gasteiger partial charge in [0.05, 0.1) is 18.9 Å². The number of halogens is 1. The maximum atomic E-state index is 6.22. The summed E-state index contributed by atoms with van der Waals surface area (Å²) in [4.78, 5) is 0. The molecule has 0 aliphatic carbocycles.